The summed E-state index contributed by atoms with van der Waals surface area (Å²) in [4.78, 5) is 2.47. The predicted octanol–water partition coefficient (Wildman–Crippen LogP) is 3.26. The quantitative estimate of drug-likeness (QED) is 0.765. The van der Waals surface area contributed by atoms with E-state index < -0.39 is 0 Å². The van der Waals surface area contributed by atoms with Crippen LogP contribution in [0.3, 0.4) is 0 Å². The molecule has 27 heavy (non-hydrogen) atoms. The third kappa shape index (κ3) is 5.02. The van der Waals surface area contributed by atoms with Crippen LogP contribution in [-0.4, -0.2) is 50.3 Å². The molecule has 1 aliphatic carbocycles. The largest absolute Gasteiger partial charge is 0.497 e. The van der Waals surface area contributed by atoms with Crippen LogP contribution in [0, 0.1) is 0 Å². The summed E-state index contributed by atoms with van der Waals surface area (Å²) in [5, 5.41) is 3.71. The van der Waals surface area contributed by atoms with Gasteiger partial charge in [0.2, 0.25) is 0 Å². The fourth-order valence-electron chi connectivity index (χ4n) is 3.99. The Morgan fingerprint density at radius 3 is 2.67 bits per heavy atom. The topological polar surface area (TPSA) is 50.5 Å². The minimum atomic E-state index is 0. The van der Waals surface area contributed by atoms with Gasteiger partial charge < -0.3 is 20.7 Å². The first-order valence-electron chi connectivity index (χ1n) is 9.68. The highest BCUT2D eigenvalue weighted by Crippen LogP contribution is 2.41. The van der Waals surface area contributed by atoms with Crippen LogP contribution in [0.15, 0.2) is 48.5 Å². The van der Waals surface area contributed by atoms with Crippen molar-refractivity contribution in [2.75, 3.05) is 33.3 Å². The summed E-state index contributed by atoms with van der Waals surface area (Å²) in [6, 6.07) is 18.3. The lowest BCUT2D eigenvalue weighted by Gasteiger charge is -2.15. The summed E-state index contributed by atoms with van der Waals surface area (Å²) < 4.78 is 5.32. The maximum atomic E-state index is 5.97. The Kier molecular flexibility index (Phi) is 6.77. The number of halogens is 1. The number of methoxy groups -OCH3 is 1. The predicted molar refractivity (Wildman–Crippen MR) is 114 cm³/mol. The van der Waals surface area contributed by atoms with E-state index in [-0.39, 0.29) is 12.4 Å². The second-order valence-electron chi connectivity index (χ2n) is 7.61. The van der Waals surface area contributed by atoms with Gasteiger partial charge >= 0.3 is 0 Å². The third-order valence-electron chi connectivity index (χ3n) is 5.68. The Hall–Kier alpha value is -1.59. The normalized spacial score (nSPS) is 24.4. The van der Waals surface area contributed by atoms with Gasteiger partial charge in [0.25, 0.3) is 0 Å². The summed E-state index contributed by atoms with van der Waals surface area (Å²) in [5.74, 6) is 1.56. The van der Waals surface area contributed by atoms with Crippen molar-refractivity contribution < 1.29 is 4.74 Å². The molecule has 1 saturated heterocycles. The Bertz CT molecular complexity index is 737. The van der Waals surface area contributed by atoms with E-state index in [0.29, 0.717) is 18.0 Å². The molecule has 1 saturated carbocycles. The maximum absolute atomic E-state index is 5.97. The molecule has 1 aliphatic heterocycles. The Labute approximate surface area is 168 Å². The van der Waals surface area contributed by atoms with Crippen molar-refractivity contribution in [1.82, 2.24) is 10.2 Å². The van der Waals surface area contributed by atoms with Crippen LogP contribution in [0.5, 0.6) is 5.75 Å². The third-order valence-corrected chi connectivity index (χ3v) is 5.68. The molecule has 3 atom stereocenters. The van der Waals surface area contributed by atoms with E-state index in [2.05, 4.69) is 46.6 Å². The molecular formula is C22H30ClN3O. The standard InChI is InChI=1S/C22H29N3O.ClH/c1-26-20-4-2-3-18(13-20)16-5-7-17(8-6-16)21-14-22(21)24-10-12-25-11-9-19(23)15-25;/h2-8,13,19,21-22,24H,9-12,14-15,23H2,1H3;1H/t19-,21+,22-;/m1./s1. The van der Waals surface area contributed by atoms with Crippen molar-refractivity contribution in [3.63, 3.8) is 0 Å². The van der Waals surface area contributed by atoms with Gasteiger partial charge in [0.1, 0.15) is 5.75 Å². The van der Waals surface area contributed by atoms with Gasteiger partial charge in [-0.2, -0.15) is 0 Å². The highest BCUT2D eigenvalue weighted by Gasteiger charge is 2.37. The summed E-state index contributed by atoms with van der Waals surface area (Å²) in [6.07, 6.45) is 2.39. The van der Waals surface area contributed by atoms with E-state index in [1.54, 1.807) is 7.11 Å². The summed E-state index contributed by atoms with van der Waals surface area (Å²) in [7, 11) is 1.71. The number of benzene rings is 2. The van der Waals surface area contributed by atoms with Crippen LogP contribution >= 0.6 is 12.4 Å². The van der Waals surface area contributed by atoms with Crippen LogP contribution in [0.1, 0.15) is 24.3 Å². The van der Waals surface area contributed by atoms with Crippen molar-refractivity contribution in [1.29, 1.82) is 0 Å². The van der Waals surface area contributed by atoms with Crippen LogP contribution in [0.25, 0.3) is 11.1 Å². The van der Waals surface area contributed by atoms with Gasteiger partial charge in [0.05, 0.1) is 7.11 Å². The second-order valence-corrected chi connectivity index (χ2v) is 7.61. The van der Waals surface area contributed by atoms with Crippen LogP contribution < -0.4 is 15.8 Å². The molecule has 0 bridgehead atoms. The Balaban J connectivity index is 0.00000210. The minimum Gasteiger partial charge on any atom is -0.497 e. The molecule has 3 N–H and O–H groups in total. The van der Waals surface area contributed by atoms with Crippen molar-refractivity contribution in [2.45, 2.75) is 30.8 Å². The highest BCUT2D eigenvalue weighted by atomic mass is 35.5. The zero-order valence-corrected chi connectivity index (χ0v) is 16.8. The van der Waals surface area contributed by atoms with Crippen molar-refractivity contribution in [3.8, 4) is 16.9 Å². The van der Waals surface area contributed by atoms with Crippen LogP contribution in [0.4, 0.5) is 0 Å². The van der Waals surface area contributed by atoms with Gasteiger partial charge in [0.15, 0.2) is 0 Å². The highest BCUT2D eigenvalue weighted by molar-refractivity contribution is 5.85. The smallest absolute Gasteiger partial charge is 0.119 e. The van der Waals surface area contributed by atoms with E-state index in [0.717, 1.165) is 38.3 Å². The molecule has 0 amide bonds. The summed E-state index contributed by atoms with van der Waals surface area (Å²) in [6.45, 7) is 4.39. The molecule has 1 heterocycles. The monoisotopic (exact) mass is 387 g/mol. The molecule has 2 aromatic rings. The average Bonchev–Trinajstić information content (AvgIpc) is 3.34. The van der Waals surface area contributed by atoms with Gasteiger partial charge in [0, 0.05) is 37.6 Å². The van der Waals surface area contributed by atoms with E-state index in [1.807, 2.05) is 12.1 Å². The van der Waals surface area contributed by atoms with E-state index in [9.17, 15) is 0 Å². The van der Waals surface area contributed by atoms with E-state index in [4.69, 9.17) is 10.5 Å². The average molecular weight is 388 g/mol. The number of nitrogens with two attached hydrogens (primary N) is 1. The zero-order chi connectivity index (χ0) is 17.9. The number of hydrogen-bond acceptors (Lipinski definition) is 4. The second kappa shape index (κ2) is 9.07. The number of rotatable bonds is 7. The summed E-state index contributed by atoms with van der Waals surface area (Å²) in [5.41, 5.74) is 9.85. The van der Waals surface area contributed by atoms with Crippen LogP contribution in [-0.2, 0) is 0 Å². The lowest BCUT2D eigenvalue weighted by molar-refractivity contribution is 0.331. The molecule has 5 heteroatoms. The molecule has 2 fully saturated rings. The lowest BCUT2D eigenvalue weighted by atomic mass is 10.0. The molecule has 0 radical (unpaired) electrons. The number of ether oxygens (including phenoxy) is 1. The van der Waals surface area contributed by atoms with Crippen LogP contribution in [0.2, 0.25) is 0 Å². The van der Waals surface area contributed by atoms with Crippen molar-refractivity contribution in [3.05, 3.63) is 54.1 Å². The number of nitrogens with zero attached hydrogens (tertiary/aromatic N) is 1. The van der Waals surface area contributed by atoms with Gasteiger partial charge in [-0.3, -0.25) is 0 Å². The zero-order valence-electron chi connectivity index (χ0n) is 15.9. The van der Waals surface area contributed by atoms with Gasteiger partial charge in [-0.15, -0.1) is 12.4 Å². The first-order chi connectivity index (χ1) is 12.7. The fraction of sp³-hybridized carbons (Fsp3) is 0.455. The van der Waals surface area contributed by atoms with E-state index in [1.165, 1.54) is 23.1 Å². The number of hydrogen-bond donors (Lipinski definition) is 2. The van der Waals surface area contributed by atoms with Gasteiger partial charge in [-0.25, -0.2) is 0 Å². The fourth-order valence-corrected chi connectivity index (χ4v) is 3.99. The molecule has 0 unspecified atom stereocenters. The minimum absolute atomic E-state index is 0. The molecular weight excluding hydrogens is 358 g/mol. The maximum Gasteiger partial charge on any atom is 0.119 e. The molecule has 4 rings (SSSR count). The van der Waals surface area contributed by atoms with Gasteiger partial charge in [-0.1, -0.05) is 36.4 Å². The van der Waals surface area contributed by atoms with Crippen molar-refractivity contribution in [2.24, 2.45) is 5.73 Å². The molecule has 4 nitrogen and oxygen atoms in total. The molecule has 2 aliphatic rings. The number of nitrogens with one attached hydrogen (secondary N) is 1. The van der Waals surface area contributed by atoms with Gasteiger partial charge in [-0.05, 0) is 48.2 Å². The summed E-state index contributed by atoms with van der Waals surface area (Å²) >= 11 is 0. The lowest BCUT2D eigenvalue weighted by Crippen LogP contribution is -2.33. The Morgan fingerprint density at radius 1 is 1.15 bits per heavy atom. The molecule has 146 valence electrons. The molecule has 0 spiro atoms. The first-order valence-corrected chi connectivity index (χ1v) is 9.68. The first kappa shape index (κ1) is 20.2. The molecule has 2 aromatic carbocycles. The molecule has 0 aromatic heterocycles. The van der Waals surface area contributed by atoms with Crippen molar-refractivity contribution >= 4 is 12.4 Å². The van der Waals surface area contributed by atoms with E-state index >= 15 is 0 Å². The number of likely N-dealkylation sites (tertiary alicyclic amines) is 1. The Morgan fingerprint density at radius 2 is 1.96 bits per heavy atom. The SMILES string of the molecule is COc1cccc(-c2ccc([C@@H]3C[C@H]3NCCN3CC[C@@H](N)C3)cc2)c1.Cl.